The highest BCUT2D eigenvalue weighted by Gasteiger charge is 2.41. The second kappa shape index (κ2) is 8.58. The molecule has 0 saturated carbocycles. The zero-order valence-electron chi connectivity index (χ0n) is 19.7. The summed E-state index contributed by atoms with van der Waals surface area (Å²) >= 11 is 3.68. The molecule has 1 aliphatic heterocycles. The lowest BCUT2D eigenvalue weighted by Gasteiger charge is -2.38. The highest BCUT2D eigenvalue weighted by atomic mass is 79.9. The predicted octanol–water partition coefficient (Wildman–Crippen LogP) is 5.59. The molecule has 0 amide bonds. The second-order valence-electron chi connectivity index (χ2n) is 9.70. The van der Waals surface area contributed by atoms with Gasteiger partial charge in [-0.15, -0.1) is 0 Å². The molecule has 176 valence electrons. The topological polar surface area (TPSA) is 78.3 Å². The summed E-state index contributed by atoms with van der Waals surface area (Å²) in [5, 5.41) is 7.78. The van der Waals surface area contributed by atoms with Crippen LogP contribution in [0.1, 0.15) is 49.4 Å². The van der Waals surface area contributed by atoms with Crippen molar-refractivity contribution in [3.05, 3.63) is 75.2 Å². The van der Waals surface area contributed by atoms with Crippen LogP contribution >= 0.6 is 15.9 Å². The van der Waals surface area contributed by atoms with Gasteiger partial charge < -0.3 is 14.8 Å². The molecular formula is C26H27BrN4O3. The molecule has 34 heavy (non-hydrogen) atoms. The molecule has 7 nitrogen and oxygen atoms in total. The SMILES string of the molecule is COc1cc(C2C3=C(CC(C)(C)CC3=O)Nc3ncnn32)cc(Br)c1OCc1cccc(C)c1. The van der Waals surface area contributed by atoms with Crippen LogP contribution in [0.3, 0.4) is 0 Å². The maximum atomic E-state index is 13.3. The van der Waals surface area contributed by atoms with Gasteiger partial charge in [-0.1, -0.05) is 43.7 Å². The monoisotopic (exact) mass is 522 g/mol. The Hall–Kier alpha value is -3.13. The molecule has 0 spiro atoms. The molecule has 1 aromatic heterocycles. The molecule has 8 heteroatoms. The van der Waals surface area contributed by atoms with E-state index in [1.165, 1.54) is 11.9 Å². The van der Waals surface area contributed by atoms with Crippen molar-refractivity contribution in [2.24, 2.45) is 5.41 Å². The van der Waals surface area contributed by atoms with E-state index in [-0.39, 0.29) is 11.2 Å². The van der Waals surface area contributed by atoms with Gasteiger partial charge in [0.15, 0.2) is 17.3 Å². The largest absolute Gasteiger partial charge is 0.493 e. The number of ether oxygens (including phenoxy) is 2. The number of nitrogens with one attached hydrogen (secondary N) is 1. The number of aryl methyl sites for hydroxylation is 1. The summed E-state index contributed by atoms with van der Waals surface area (Å²) in [5.41, 5.74) is 4.68. The van der Waals surface area contributed by atoms with Crippen molar-refractivity contribution in [3.8, 4) is 11.5 Å². The number of methoxy groups -OCH3 is 1. The van der Waals surface area contributed by atoms with Gasteiger partial charge in [0.1, 0.15) is 19.0 Å². The quantitative estimate of drug-likeness (QED) is 0.470. The number of Topliss-reactive ketones (excluding diaryl/α,β-unsaturated/α-hetero) is 1. The van der Waals surface area contributed by atoms with Gasteiger partial charge in [0, 0.05) is 17.7 Å². The molecule has 3 aromatic rings. The molecule has 0 fully saturated rings. The van der Waals surface area contributed by atoms with E-state index in [1.54, 1.807) is 11.8 Å². The molecule has 2 aliphatic rings. The summed E-state index contributed by atoms with van der Waals surface area (Å²) in [6, 6.07) is 11.7. The highest BCUT2D eigenvalue weighted by molar-refractivity contribution is 9.10. The van der Waals surface area contributed by atoms with Crippen LogP contribution in [0, 0.1) is 12.3 Å². The number of allylic oxidation sites excluding steroid dienone is 2. The molecule has 2 heterocycles. The number of anilines is 1. The zero-order valence-corrected chi connectivity index (χ0v) is 21.3. The van der Waals surface area contributed by atoms with Gasteiger partial charge in [-0.05, 0) is 57.9 Å². The molecular weight excluding hydrogens is 496 g/mol. The van der Waals surface area contributed by atoms with Crippen LogP contribution in [-0.4, -0.2) is 27.7 Å². The minimum atomic E-state index is -0.395. The van der Waals surface area contributed by atoms with E-state index in [9.17, 15) is 4.79 Å². The lowest BCUT2D eigenvalue weighted by atomic mass is 9.73. The second-order valence-corrected chi connectivity index (χ2v) is 10.6. The van der Waals surface area contributed by atoms with Gasteiger partial charge in [0.2, 0.25) is 5.95 Å². The molecule has 0 bridgehead atoms. The molecule has 1 atom stereocenters. The van der Waals surface area contributed by atoms with Crippen molar-refractivity contribution >= 4 is 27.7 Å². The van der Waals surface area contributed by atoms with Crippen LogP contribution in [0.2, 0.25) is 0 Å². The van der Waals surface area contributed by atoms with Gasteiger partial charge in [-0.2, -0.15) is 10.1 Å². The average Bonchev–Trinajstić information content (AvgIpc) is 3.23. The maximum Gasteiger partial charge on any atom is 0.226 e. The van der Waals surface area contributed by atoms with Crippen LogP contribution in [0.5, 0.6) is 11.5 Å². The number of ketones is 1. The van der Waals surface area contributed by atoms with Gasteiger partial charge in [-0.25, -0.2) is 4.68 Å². The van der Waals surface area contributed by atoms with E-state index in [0.717, 1.165) is 33.3 Å². The number of hydrogen-bond donors (Lipinski definition) is 1. The van der Waals surface area contributed by atoms with E-state index < -0.39 is 6.04 Å². The molecule has 1 unspecified atom stereocenters. The van der Waals surface area contributed by atoms with Gasteiger partial charge in [0.05, 0.1) is 11.6 Å². The number of aromatic nitrogens is 3. The average molecular weight is 523 g/mol. The zero-order chi connectivity index (χ0) is 24.0. The van der Waals surface area contributed by atoms with Crippen LogP contribution in [0.15, 0.2) is 58.5 Å². The standard InChI is InChI=1S/C26H27BrN4O3/c1-15-6-5-7-16(8-15)13-34-24-18(27)9-17(10-21(24)33-4)23-22-19(11-26(2,3)12-20(22)32)30-25-28-14-29-31(23)25/h5-10,14,23H,11-13H2,1-4H3,(H,28,29,30). The summed E-state index contributed by atoms with van der Waals surface area (Å²) in [7, 11) is 1.62. The fraction of sp³-hybridized carbons (Fsp3) is 0.346. The minimum Gasteiger partial charge on any atom is -0.493 e. The first kappa shape index (κ1) is 22.7. The Morgan fingerprint density at radius 1 is 1.24 bits per heavy atom. The number of carbonyl (C=O) groups is 1. The Balaban J connectivity index is 1.55. The molecule has 1 N–H and O–H groups in total. The van der Waals surface area contributed by atoms with Crippen molar-refractivity contribution in [1.29, 1.82) is 0 Å². The van der Waals surface area contributed by atoms with Crippen molar-refractivity contribution in [1.82, 2.24) is 14.8 Å². The fourth-order valence-corrected chi connectivity index (χ4v) is 5.43. The Morgan fingerprint density at radius 2 is 2.06 bits per heavy atom. The Bertz CT molecular complexity index is 1310. The van der Waals surface area contributed by atoms with Gasteiger partial charge in [0.25, 0.3) is 0 Å². The van der Waals surface area contributed by atoms with E-state index in [2.05, 4.69) is 64.2 Å². The predicted molar refractivity (Wildman–Crippen MR) is 133 cm³/mol. The molecule has 0 radical (unpaired) electrons. The van der Waals surface area contributed by atoms with Crippen molar-refractivity contribution < 1.29 is 14.3 Å². The van der Waals surface area contributed by atoms with E-state index in [1.807, 2.05) is 24.3 Å². The van der Waals surface area contributed by atoms with Crippen molar-refractivity contribution in [3.63, 3.8) is 0 Å². The van der Waals surface area contributed by atoms with Crippen LogP contribution in [-0.2, 0) is 11.4 Å². The number of rotatable bonds is 5. The summed E-state index contributed by atoms with van der Waals surface area (Å²) in [6.07, 6.45) is 2.77. The summed E-state index contributed by atoms with van der Waals surface area (Å²) in [5.74, 6) is 1.96. The van der Waals surface area contributed by atoms with E-state index >= 15 is 0 Å². The number of fused-ring (bicyclic) bond motifs is 1. The van der Waals surface area contributed by atoms with Crippen molar-refractivity contribution in [2.75, 3.05) is 12.4 Å². The first-order valence-corrected chi connectivity index (χ1v) is 12.0. The van der Waals surface area contributed by atoms with Crippen LogP contribution in [0.25, 0.3) is 0 Å². The van der Waals surface area contributed by atoms with Crippen molar-refractivity contribution in [2.45, 2.75) is 46.3 Å². The minimum absolute atomic E-state index is 0.110. The summed E-state index contributed by atoms with van der Waals surface area (Å²) in [6.45, 7) is 6.71. The van der Waals surface area contributed by atoms with Crippen LogP contribution in [0.4, 0.5) is 5.95 Å². The first-order valence-electron chi connectivity index (χ1n) is 11.2. The Labute approximate surface area is 207 Å². The highest BCUT2D eigenvalue weighted by Crippen LogP contribution is 2.47. The number of halogens is 1. The maximum absolute atomic E-state index is 13.3. The third kappa shape index (κ3) is 4.11. The molecule has 5 rings (SSSR count). The Morgan fingerprint density at radius 3 is 2.82 bits per heavy atom. The van der Waals surface area contributed by atoms with E-state index in [0.29, 0.717) is 30.5 Å². The molecule has 1 aliphatic carbocycles. The first-order chi connectivity index (χ1) is 16.3. The summed E-state index contributed by atoms with van der Waals surface area (Å²) < 4.78 is 14.4. The number of nitrogens with zero attached hydrogens (tertiary/aromatic N) is 3. The van der Waals surface area contributed by atoms with Gasteiger partial charge >= 0.3 is 0 Å². The lowest BCUT2D eigenvalue weighted by molar-refractivity contribution is -0.118. The fourth-order valence-electron chi connectivity index (χ4n) is 4.85. The lowest BCUT2D eigenvalue weighted by Crippen LogP contribution is -2.36. The smallest absolute Gasteiger partial charge is 0.226 e. The Kier molecular flexibility index (Phi) is 5.72. The normalized spacial score (nSPS) is 18.7. The van der Waals surface area contributed by atoms with Gasteiger partial charge in [-0.3, -0.25) is 4.79 Å². The third-order valence-corrected chi connectivity index (χ3v) is 6.90. The number of carbonyl (C=O) groups excluding carboxylic acids is 1. The number of benzene rings is 2. The summed E-state index contributed by atoms with van der Waals surface area (Å²) in [4.78, 5) is 17.7. The molecule has 2 aromatic carbocycles. The number of hydrogen-bond acceptors (Lipinski definition) is 6. The molecule has 0 saturated heterocycles. The van der Waals surface area contributed by atoms with E-state index in [4.69, 9.17) is 9.47 Å². The van der Waals surface area contributed by atoms with Crippen LogP contribution < -0.4 is 14.8 Å². The third-order valence-electron chi connectivity index (χ3n) is 6.31.